The molecule has 0 bridgehead atoms. The van der Waals surface area contributed by atoms with Gasteiger partial charge < -0.3 is 15.3 Å². The molecule has 3 rings (SSSR count). The molecule has 0 atom stereocenters. The number of carbonyl (C=O) groups excluding carboxylic acids is 1. The predicted octanol–water partition coefficient (Wildman–Crippen LogP) is 1.12. The molecule has 2 N–H and O–H groups in total. The Kier molecular flexibility index (Phi) is 6.40. The highest BCUT2D eigenvalue weighted by molar-refractivity contribution is 5.99. The molecule has 9 heteroatoms. The van der Waals surface area contributed by atoms with E-state index in [1.807, 2.05) is 13.8 Å². The van der Waals surface area contributed by atoms with Gasteiger partial charge in [-0.3, -0.25) is 18.7 Å². The van der Waals surface area contributed by atoms with Crippen LogP contribution in [0.1, 0.15) is 29.8 Å². The Bertz CT molecular complexity index is 1010. The molecule has 1 aliphatic rings. The van der Waals surface area contributed by atoms with Gasteiger partial charge in [-0.05, 0) is 24.6 Å². The normalized spacial score (nSPS) is 13.5. The average molecular weight is 392 g/mol. The quantitative estimate of drug-likeness (QED) is 0.816. The van der Waals surface area contributed by atoms with Crippen molar-refractivity contribution in [1.29, 1.82) is 0 Å². The lowest BCUT2D eigenvalue weighted by molar-refractivity contribution is 0.00574. The molecule has 2 heterocycles. The molecule has 152 valence electrons. The van der Waals surface area contributed by atoms with E-state index < -0.39 is 29.1 Å². The van der Waals surface area contributed by atoms with Crippen LogP contribution in [0.4, 0.5) is 15.9 Å². The van der Waals surface area contributed by atoms with Crippen LogP contribution in [-0.4, -0.2) is 44.2 Å². The minimum Gasteiger partial charge on any atom is -0.389 e. The van der Waals surface area contributed by atoms with Gasteiger partial charge in [0.05, 0.1) is 11.8 Å². The summed E-state index contributed by atoms with van der Waals surface area (Å²) in [4.78, 5) is 38.8. The van der Waals surface area contributed by atoms with Crippen molar-refractivity contribution < 1.29 is 14.3 Å². The summed E-state index contributed by atoms with van der Waals surface area (Å²) < 4.78 is 16.1. The number of benzene rings is 1. The summed E-state index contributed by atoms with van der Waals surface area (Å²) >= 11 is 0. The Balaban J connectivity index is 0.00000136. The number of amides is 1. The summed E-state index contributed by atoms with van der Waals surface area (Å²) in [6.07, 6.45) is -0.638. The minimum absolute atomic E-state index is 0.0385. The first-order valence-corrected chi connectivity index (χ1v) is 9.01. The van der Waals surface area contributed by atoms with Crippen molar-refractivity contribution in [2.45, 2.75) is 26.9 Å². The zero-order valence-electron chi connectivity index (χ0n) is 16.6. The molecule has 0 aliphatic carbocycles. The number of aliphatic hydroxyl groups is 1. The largest absolute Gasteiger partial charge is 0.389 e. The van der Waals surface area contributed by atoms with Crippen molar-refractivity contribution in [2.24, 2.45) is 14.1 Å². The van der Waals surface area contributed by atoms with Gasteiger partial charge in [0, 0.05) is 27.2 Å². The van der Waals surface area contributed by atoms with Crippen LogP contribution in [0.3, 0.4) is 0 Å². The number of aliphatic hydroxyl groups excluding tert-OH is 1. The Hall–Kier alpha value is -2.94. The summed E-state index contributed by atoms with van der Waals surface area (Å²) in [5, 5.41) is 12.1. The van der Waals surface area contributed by atoms with Crippen molar-refractivity contribution in [2.75, 3.05) is 18.4 Å². The number of carbonyl (C=O) groups is 1. The van der Waals surface area contributed by atoms with Gasteiger partial charge in [0.1, 0.15) is 17.2 Å². The monoisotopic (exact) mass is 392 g/mol. The second kappa shape index (κ2) is 8.39. The Morgan fingerprint density at radius 3 is 2.32 bits per heavy atom. The smallest absolute Gasteiger partial charge is 0.332 e. The van der Waals surface area contributed by atoms with E-state index in [0.717, 1.165) is 9.13 Å². The molecule has 2 aromatic rings. The number of hydrogen-bond acceptors (Lipinski definition) is 5. The van der Waals surface area contributed by atoms with Gasteiger partial charge in [0.2, 0.25) is 0 Å². The molecule has 8 nitrogen and oxygen atoms in total. The number of β-amino-alcohol motifs (C(OH)–C–C–N with tert-alkyl or cyclic N) is 1. The van der Waals surface area contributed by atoms with E-state index in [0.29, 0.717) is 5.56 Å². The molecule has 1 saturated heterocycles. The maximum Gasteiger partial charge on any atom is 0.332 e. The van der Waals surface area contributed by atoms with Gasteiger partial charge in [-0.25, -0.2) is 9.18 Å². The number of hydrogen-bond donors (Lipinski definition) is 2. The number of nitrogens with one attached hydrogen (secondary N) is 1. The standard InChI is InChI=1S/C17H19FN4O4.C2H6/c1-9-4-5-12(11(18)6-9)19-14-13(16(25)22-7-10(23)8-22)15(24)21(3)17(26)20(14)2;1-2/h4-6,10,19,23H,7-8H2,1-3H3;1-2H3. The van der Waals surface area contributed by atoms with Gasteiger partial charge in [-0.2, -0.15) is 0 Å². The van der Waals surface area contributed by atoms with Crippen molar-refractivity contribution in [3.05, 3.63) is 56.0 Å². The summed E-state index contributed by atoms with van der Waals surface area (Å²) in [7, 11) is 2.65. The van der Waals surface area contributed by atoms with Crippen LogP contribution in [0.5, 0.6) is 0 Å². The van der Waals surface area contributed by atoms with Crippen LogP contribution in [0, 0.1) is 12.7 Å². The number of anilines is 2. The molecule has 0 saturated carbocycles. The number of likely N-dealkylation sites (tertiary alicyclic amines) is 1. The molecule has 1 aromatic carbocycles. The highest BCUT2D eigenvalue weighted by atomic mass is 19.1. The number of aryl methyl sites for hydroxylation is 1. The van der Waals surface area contributed by atoms with Crippen molar-refractivity contribution in [3.63, 3.8) is 0 Å². The minimum atomic E-state index is -0.783. The fourth-order valence-electron chi connectivity index (χ4n) is 2.81. The average Bonchev–Trinajstić information content (AvgIpc) is 2.65. The van der Waals surface area contributed by atoms with Crippen molar-refractivity contribution >= 4 is 17.4 Å². The van der Waals surface area contributed by atoms with Crippen LogP contribution < -0.4 is 16.6 Å². The van der Waals surface area contributed by atoms with E-state index in [4.69, 9.17) is 0 Å². The SMILES string of the molecule is CC.Cc1ccc(Nc2c(C(=O)N3CC(O)C3)c(=O)n(C)c(=O)n2C)c(F)c1. The molecular formula is C19H25FN4O4. The highest BCUT2D eigenvalue weighted by Gasteiger charge is 2.34. The number of rotatable bonds is 3. The van der Waals surface area contributed by atoms with Gasteiger partial charge in [-0.15, -0.1) is 0 Å². The number of aromatic nitrogens is 2. The van der Waals surface area contributed by atoms with Crippen molar-refractivity contribution in [1.82, 2.24) is 14.0 Å². The highest BCUT2D eigenvalue weighted by Crippen LogP contribution is 2.23. The van der Waals surface area contributed by atoms with E-state index in [1.54, 1.807) is 13.0 Å². The molecule has 1 fully saturated rings. The molecule has 28 heavy (non-hydrogen) atoms. The number of nitrogens with zero attached hydrogens (tertiary/aromatic N) is 3. The lowest BCUT2D eigenvalue weighted by atomic mass is 10.1. The summed E-state index contributed by atoms with van der Waals surface area (Å²) in [5.74, 6) is -1.29. The van der Waals surface area contributed by atoms with Gasteiger partial charge in [-0.1, -0.05) is 19.9 Å². The van der Waals surface area contributed by atoms with E-state index in [1.165, 1.54) is 31.1 Å². The zero-order valence-corrected chi connectivity index (χ0v) is 16.6. The molecule has 0 radical (unpaired) electrons. The fraction of sp³-hybridized carbons (Fsp3) is 0.421. The summed E-state index contributed by atoms with van der Waals surface area (Å²) in [6, 6.07) is 4.43. The van der Waals surface area contributed by atoms with E-state index in [2.05, 4.69) is 5.32 Å². The second-order valence-electron chi connectivity index (χ2n) is 6.40. The maximum atomic E-state index is 14.2. The third kappa shape index (κ3) is 3.84. The number of halogens is 1. The fourth-order valence-corrected chi connectivity index (χ4v) is 2.81. The Morgan fingerprint density at radius 2 is 1.79 bits per heavy atom. The third-order valence-electron chi connectivity index (χ3n) is 4.41. The lowest BCUT2D eigenvalue weighted by Crippen LogP contribution is -2.55. The Labute approximate surface area is 161 Å². The topological polar surface area (TPSA) is 96.6 Å². The van der Waals surface area contributed by atoms with E-state index in [9.17, 15) is 23.9 Å². The molecular weight excluding hydrogens is 367 g/mol. The third-order valence-corrected chi connectivity index (χ3v) is 4.41. The first-order valence-electron chi connectivity index (χ1n) is 9.01. The van der Waals surface area contributed by atoms with Crippen LogP contribution in [0.15, 0.2) is 27.8 Å². The van der Waals surface area contributed by atoms with Crippen LogP contribution in [0.25, 0.3) is 0 Å². The molecule has 0 unspecified atom stereocenters. The first kappa shape index (κ1) is 21.4. The molecule has 0 spiro atoms. The van der Waals surface area contributed by atoms with Crippen LogP contribution in [0.2, 0.25) is 0 Å². The summed E-state index contributed by atoms with van der Waals surface area (Å²) in [6.45, 7) is 5.93. The lowest BCUT2D eigenvalue weighted by Gasteiger charge is -2.36. The first-order chi connectivity index (χ1) is 13.2. The molecule has 1 amide bonds. The molecule has 1 aromatic heterocycles. The van der Waals surface area contributed by atoms with Crippen LogP contribution in [-0.2, 0) is 14.1 Å². The second-order valence-corrected chi connectivity index (χ2v) is 6.40. The van der Waals surface area contributed by atoms with Gasteiger partial charge >= 0.3 is 5.69 Å². The van der Waals surface area contributed by atoms with Gasteiger partial charge in [0.25, 0.3) is 11.5 Å². The van der Waals surface area contributed by atoms with E-state index >= 15 is 0 Å². The Morgan fingerprint density at radius 1 is 1.18 bits per heavy atom. The van der Waals surface area contributed by atoms with Crippen LogP contribution >= 0.6 is 0 Å². The van der Waals surface area contributed by atoms with Gasteiger partial charge in [0.15, 0.2) is 0 Å². The zero-order chi connectivity index (χ0) is 21.2. The maximum absolute atomic E-state index is 14.2. The van der Waals surface area contributed by atoms with E-state index in [-0.39, 0.29) is 30.2 Å². The summed E-state index contributed by atoms with van der Waals surface area (Å²) in [5.41, 5.74) is -0.963. The predicted molar refractivity (Wildman–Crippen MR) is 105 cm³/mol. The molecule has 1 aliphatic heterocycles. The van der Waals surface area contributed by atoms with Crippen molar-refractivity contribution in [3.8, 4) is 0 Å².